The van der Waals surface area contributed by atoms with Crippen LogP contribution in [-0.4, -0.2) is 24.2 Å². The highest BCUT2D eigenvalue weighted by Gasteiger charge is 2.16. The van der Waals surface area contributed by atoms with Gasteiger partial charge in [-0.3, -0.25) is 4.79 Å². The molecule has 0 spiro atoms. The standard InChI is InChI=1S/C11H9Cl2NO4/c12-7-3-6(4-8(13)10(7)15)14-11(16)9-5-17-1-2-18-9/h3-5,15H,1-2H2,(H,14,16). The molecule has 1 aromatic carbocycles. The first-order valence-corrected chi connectivity index (χ1v) is 5.77. The monoisotopic (exact) mass is 289 g/mol. The van der Waals surface area contributed by atoms with Crippen LogP contribution in [0.1, 0.15) is 0 Å². The molecule has 0 aromatic heterocycles. The van der Waals surface area contributed by atoms with Crippen LogP contribution in [0, 0.1) is 0 Å². The van der Waals surface area contributed by atoms with Crippen molar-refractivity contribution in [3.05, 3.63) is 34.2 Å². The van der Waals surface area contributed by atoms with Crippen molar-refractivity contribution >= 4 is 34.8 Å². The molecule has 0 aliphatic carbocycles. The maximum absolute atomic E-state index is 11.7. The van der Waals surface area contributed by atoms with Crippen LogP contribution in [0.2, 0.25) is 10.0 Å². The van der Waals surface area contributed by atoms with Gasteiger partial charge in [-0.2, -0.15) is 0 Å². The maximum Gasteiger partial charge on any atom is 0.294 e. The van der Waals surface area contributed by atoms with Gasteiger partial charge in [0.15, 0.2) is 5.75 Å². The lowest BCUT2D eigenvalue weighted by molar-refractivity contribution is -0.117. The molecule has 2 N–H and O–H groups in total. The van der Waals surface area contributed by atoms with Gasteiger partial charge in [0.25, 0.3) is 5.91 Å². The van der Waals surface area contributed by atoms with E-state index in [1.165, 1.54) is 18.4 Å². The number of amides is 1. The van der Waals surface area contributed by atoms with Gasteiger partial charge in [-0.05, 0) is 12.1 Å². The van der Waals surface area contributed by atoms with Gasteiger partial charge in [0, 0.05) is 5.69 Å². The van der Waals surface area contributed by atoms with E-state index in [0.717, 1.165) is 0 Å². The molecule has 0 atom stereocenters. The van der Waals surface area contributed by atoms with E-state index in [1.54, 1.807) is 0 Å². The van der Waals surface area contributed by atoms with Gasteiger partial charge >= 0.3 is 0 Å². The highest BCUT2D eigenvalue weighted by atomic mass is 35.5. The zero-order valence-electron chi connectivity index (χ0n) is 9.07. The largest absolute Gasteiger partial charge is 0.505 e. The zero-order chi connectivity index (χ0) is 13.1. The summed E-state index contributed by atoms with van der Waals surface area (Å²) in [6.45, 7) is 0.726. The van der Waals surface area contributed by atoms with Crippen LogP contribution in [0.15, 0.2) is 24.2 Å². The lowest BCUT2D eigenvalue weighted by Gasteiger charge is -2.15. The first-order valence-electron chi connectivity index (χ1n) is 5.02. The molecule has 18 heavy (non-hydrogen) atoms. The van der Waals surface area contributed by atoms with E-state index in [4.69, 9.17) is 32.7 Å². The van der Waals surface area contributed by atoms with Crippen molar-refractivity contribution in [1.82, 2.24) is 0 Å². The number of phenolic OH excluding ortho intramolecular Hbond substituents is 1. The summed E-state index contributed by atoms with van der Waals surface area (Å²) >= 11 is 11.5. The van der Waals surface area contributed by atoms with Gasteiger partial charge < -0.3 is 19.9 Å². The van der Waals surface area contributed by atoms with Crippen LogP contribution < -0.4 is 5.32 Å². The highest BCUT2D eigenvalue weighted by molar-refractivity contribution is 6.37. The Morgan fingerprint density at radius 2 is 1.94 bits per heavy atom. The number of ether oxygens (including phenoxy) is 2. The third kappa shape index (κ3) is 2.80. The van der Waals surface area contributed by atoms with E-state index in [1.807, 2.05) is 0 Å². The molecule has 7 heteroatoms. The van der Waals surface area contributed by atoms with Crippen molar-refractivity contribution in [3.63, 3.8) is 0 Å². The number of carbonyl (C=O) groups is 1. The molecule has 0 unspecified atom stereocenters. The zero-order valence-corrected chi connectivity index (χ0v) is 10.6. The quantitative estimate of drug-likeness (QED) is 0.821. The lowest BCUT2D eigenvalue weighted by Crippen LogP contribution is -2.21. The average molecular weight is 290 g/mol. The van der Waals surface area contributed by atoms with E-state index in [-0.39, 0.29) is 21.6 Å². The lowest BCUT2D eigenvalue weighted by atomic mass is 10.3. The minimum absolute atomic E-state index is 0.0487. The second-order valence-corrected chi connectivity index (χ2v) is 4.26. The van der Waals surface area contributed by atoms with Crippen molar-refractivity contribution in [2.75, 3.05) is 18.5 Å². The van der Waals surface area contributed by atoms with E-state index in [9.17, 15) is 9.90 Å². The second-order valence-electron chi connectivity index (χ2n) is 3.44. The normalized spacial score (nSPS) is 14.2. The second kappa shape index (κ2) is 5.37. The van der Waals surface area contributed by atoms with Gasteiger partial charge in [-0.15, -0.1) is 0 Å². The number of phenols is 1. The van der Waals surface area contributed by atoms with Crippen LogP contribution in [-0.2, 0) is 14.3 Å². The molecule has 1 aromatic rings. The fraction of sp³-hybridized carbons (Fsp3) is 0.182. The first-order chi connectivity index (χ1) is 8.58. The third-order valence-corrected chi connectivity index (χ3v) is 2.72. The summed E-state index contributed by atoms with van der Waals surface area (Å²) in [7, 11) is 0. The predicted molar refractivity (Wildman–Crippen MR) is 66.7 cm³/mol. The number of hydrogen-bond acceptors (Lipinski definition) is 4. The number of halogens is 2. The van der Waals surface area contributed by atoms with Crippen molar-refractivity contribution in [3.8, 4) is 5.75 Å². The number of carbonyl (C=O) groups excluding carboxylic acids is 1. The SMILES string of the molecule is O=C(Nc1cc(Cl)c(O)c(Cl)c1)C1=COCCO1. The molecule has 0 fully saturated rings. The van der Waals surface area contributed by atoms with Crippen LogP contribution in [0.3, 0.4) is 0 Å². The van der Waals surface area contributed by atoms with Gasteiger partial charge in [-0.1, -0.05) is 23.2 Å². The van der Waals surface area contributed by atoms with Crippen LogP contribution in [0.4, 0.5) is 5.69 Å². The van der Waals surface area contributed by atoms with Gasteiger partial charge in [-0.25, -0.2) is 0 Å². The molecular formula is C11H9Cl2NO4. The Balaban J connectivity index is 2.14. The van der Waals surface area contributed by atoms with Crippen LogP contribution >= 0.6 is 23.2 Å². The maximum atomic E-state index is 11.7. The average Bonchev–Trinajstić information content (AvgIpc) is 2.37. The summed E-state index contributed by atoms with van der Waals surface area (Å²) in [4.78, 5) is 11.7. The fourth-order valence-electron chi connectivity index (χ4n) is 1.32. The van der Waals surface area contributed by atoms with Gasteiger partial charge in [0.05, 0.1) is 10.0 Å². The Bertz CT molecular complexity index is 493. The van der Waals surface area contributed by atoms with Gasteiger partial charge in [0.1, 0.15) is 19.5 Å². The molecule has 96 valence electrons. The summed E-state index contributed by atoms with van der Waals surface area (Å²) in [5.41, 5.74) is 0.350. The molecule has 1 heterocycles. The number of hydrogen-bond donors (Lipinski definition) is 2. The minimum Gasteiger partial charge on any atom is -0.505 e. The molecule has 0 saturated heterocycles. The topological polar surface area (TPSA) is 67.8 Å². The summed E-state index contributed by atoms with van der Waals surface area (Å²) in [5.74, 6) is -0.637. The van der Waals surface area contributed by atoms with Crippen molar-refractivity contribution in [2.45, 2.75) is 0 Å². The molecule has 0 saturated carbocycles. The number of aromatic hydroxyl groups is 1. The molecule has 1 aliphatic rings. The molecule has 1 amide bonds. The molecule has 1 aliphatic heterocycles. The molecule has 0 radical (unpaired) electrons. The third-order valence-electron chi connectivity index (χ3n) is 2.15. The highest BCUT2D eigenvalue weighted by Crippen LogP contribution is 2.34. The molecule has 2 rings (SSSR count). The molecule has 0 bridgehead atoms. The predicted octanol–water partition coefficient (Wildman–Crippen LogP) is 2.53. The van der Waals surface area contributed by atoms with Crippen LogP contribution in [0.25, 0.3) is 0 Å². The Morgan fingerprint density at radius 3 is 2.50 bits per heavy atom. The Kier molecular flexibility index (Phi) is 3.84. The van der Waals surface area contributed by atoms with Crippen LogP contribution in [0.5, 0.6) is 5.75 Å². The Hall–Kier alpha value is -1.59. The number of rotatable bonds is 2. The Labute approximate surface area is 113 Å². The Morgan fingerprint density at radius 1 is 1.28 bits per heavy atom. The summed E-state index contributed by atoms with van der Waals surface area (Å²) < 4.78 is 10.1. The first kappa shape index (κ1) is 12.9. The fourth-order valence-corrected chi connectivity index (χ4v) is 1.80. The van der Waals surface area contributed by atoms with Crippen molar-refractivity contribution in [2.24, 2.45) is 0 Å². The van der Waals surface area contributed by atoms with Crippen molar-refractivity contribution in [1.29, 1.82) is 0 Å². The van der Waals surface area contributed by atoms with E-state index < -0.39 is 5.91 Å². The number of nitrogens with one attached hydrogen (secondary N) is 1. The molecular weight excluding hydrogens is 281 g/mol. The number of anilines is 1. The van der Waals surface area contributed by atoms with E-state index in [0.29, 0.717) is 18.9 Å². The van der Waals surface area contributed by atoms with E-state index in [2.05, 4.69) is 5.32 Å². The summed E-state index contributed by atoms with van der Waals surface area (Å²) in [6.07, 6.45) is 1.24. The smallest absolute Gasteiger partial charge is 0.294 e. The number of benzene rings is 1. The van der Waals surface area contributed by atoms with E-state index >= 15 is 0 Å². The minimum atomic E-state index is -0.479. The summed E-state index contributed by atoms with van der Waals surface area (Å²) in [6, 6.07) is 2.76. The summed E-state index contributed by atoms with van der Waals surface area (Å²) in [5, 5.41) is 12.0. The van der Waals surface area contributed by atoms with Crippen molar-refractivity contribution < 1.29 is 19.4 Å². The van der Waals surface area contributed by atoms with Gasteiger partial charge in [0.2, 0.25) is 5.76 Å². The molecule has 5 nitrogen and oxygen atoms in total.